The molecule has 1 amide bonds. The van der Waals surface area contributed by atoms with E-state index >= 15 is 0 Å². The summed E-state index contributed by atoms with van der Waals surface area (Å²) >= 11 is 0. The highest BCUT2D eigenvalue weighted by Gasteiger charge is 2.46. The number of rotatable bonds is 4. The smallest absolute Gasteiger partial charge is 0.228 e. The molecule has 1 N–H and O–H groups in total. The van der Waals surface area contributed by atoms with E-state index in [1.807, 2.05) is 18.7 Å². The Bertz CT molecular complexity index is 490. The highest BCUT2D eigenvalue weighted by Crippen LogP contribution is 2.36. The van der Waals surface area contributed by atoms with Crippen LogP contribution < -0.4 is 0 Å². The monoisotopic (exact) mass is 280 g/mol. The molecule has 110 valence electrons. The molecule has 0 aromatic carbocycles. The van der Waals surface area contributed by atoms with E-state index in [9.17, 15) is 4.79 Å². The standard InChI is InChI=1S/C13H20N4O3/c1-3-19-10-6-9(10)13(18)17-4-5-20-11(7-17)12-14-8(2)15-16-12/h9-11H,3-7H2,1-2H3,(H,14,15,16)/t9-,10+,11+/m0/s1. The second kappa shape index (κ2) is 5.49. The highest BCUT2D eigenvalue weighted by molar-refractivity contribution is 5.82. The SMILES string of the molecule is CCO[C@@H]1C[C@@H]1C(=O)N1CCO[C@@H](c2n[nH]c(C)n2)C1. The number of H-pyrrole nitrogens is 1. The maximum Gasteiger partial charge on any atom is 0.228 e. The summed E-state index contributed by atoms with van der Waals surface area (Å²) in [5, 5.41) is 6.92. The largest absolute Gasteiger partial charge is 0.378 e. The molecule has 0 spiro atoms. The van der Waals surface area contributed by atoms with Crippen LogP contribution in [-0.4, -0.2) is 58.4 Å². The van der Waals surface area contributed by atoms with Gasteiger partial charge in [-0.05, 0) is 20.3 Å². The van der Waals surface area contributed by atoms with Crippen molar-refractivity contribution in [1.82, 2.24) is 20.1 Å². The highest BCUT2D eigenvalue weighted by atomic mass is 16.5. The summed E-state index contributed by atoms with van der Waals surface area (Å²) < 4.78 is 11.1. The summed E-state index contributed by atoms with van der Waals surface area (Å²) in [6.07, 6.45) is 0.718. The van der Waals surface area contributed by atoms with Crippen LogP contribution in [-0.2, 0) is 14.3 Å². The zero-order valence-corrected chi connectivity index (χ0v) is 11.8. The van der Waals surface area contributed by atoms with Gasteiger partial charge in [0.25, 0.3) is 0 Å². The maximum absolute atomic E-state index is 12.4. The average Bonchev–Trinajstić information content (AvgIpc) is 3.09. The third kappa shape index (κ3) is 2.69. The van der Waals surface area contributed by atoms with Gasteiger partial charge < -0.3 is 14.4 Å². The Hall–Kier alpha value is -1.47. The topological polar surface area (TPSA) is 80.3 Å². The fourth-order valence-corrected chi connectivity index (χ4v) is 2.57. The minimum Gasteiger partial charge on any atom is -0.378 e. The molecule has 2 heterocycles. The Morgan fingerprint density at radius 1 is 1.60 bits per heavy atom. The van der Waals surface area contributed by atoms with Crippen molar-refractivity contribution >= 4 is 5.91 Å². The maximum atomic E-state index is 12.4. The number of morpholine rings is 1. The molecule has 1 aromatic rings. The van der Waals surface area contributed by atoms with Crippen LogP contribution in [0.2, 0.25) is 0 Å². The average molecular weight is 280 g/mol. The van der Waals surface area contributed by atoms with E-state index in [0.717, 1.165) is 12.2 Å². The van der Waals surface area contributed by atoms with Crippen molar-refractivity contribution in [1.29, 1.82) is 0 Å². The third-order valence-electron chi connectivity index (χ3n) is 3.71. The fraction of sp³-hybridized carbons (Fsp3) is 0.769. The van der Waals surface area contributed by atoms with Crippen molar-refractivity contribution < 1.29 is 14.3 Å². The van der Waals surface area contributed by atoms with E-state index in [0.29, 0.717) is 32.1 Å². The summed E-state index contributed by atoms with van der Waals surface area (Å²) in [5.41, 5.74) is 0. The van der Waals surface area contributed by atoms with Gasteiger partial charge in [0.2, 0.25) is 5.91 Å². The summed E-state index contributed by atoms with van der Waals surface area (Å²) in [7, 11) is 0. The number of aryl methyl sites for hydroxylation is 1. The normalized spacial score (nSPS) is 29.5. The molecule has 0 unspecified atom stereocenters. The van der Waals surface area contributed by atoms with Crippen molar-refractivity contribution in [2.75, 3.05) is 26.3 Å². The Morgan fingerprint density at radius 2 is 2.45 bits per heavy atom. The predicted octanol–water partition coefficient (Wildman–Crippen LogP) is 0.438. The van der Waals surface area contributed by atoms with Crippen LogP contribution in [0.3, 0.4) is 0 Å². The molecule has 1 aliphatic carbocycles. The number of nitrogens with one attached hydrogen (secondary N) is 1. The van der Waals surface area contributed by atoms with E-state index in [2.05, 4.69) is 15.2 Å². The number of hydrogen-bond donors (Lipinski definition) is 1. The molecular weight excluding hydrogens is 260 g/mol. The zero-order valence-electron chi connectivity index (χ0n) is 11.8. The summed E-state index contributed by atoms with van der Waals surface area (Å²) in [4.78, 5) is 18.5. The van der Waals surface area contributed by atoms with Crippen LogP contribution in [0.4, 0.5) is 0 Å². The fourth-order valence-electron chi connectivity index (χ4n) is 2.57. The van der Waals surface area contributed by atoms with Gasteiger partial charge in [-0.15, -0.1) is 0 Å². The lowest BCUT2D eigenvalue weighted by Crippen LogP contribution is -2.43. The first kappa shape index (κ1) is 13.5. The van der Waals surface area contributed by atoms with Crippen molar-refractivity contribution in [3.05, 3.63) is 11.6 Å². The van der Waals surface area contributed by atoms with Gasteiger partial charge in [-0.1, -0.05) is 0 Å². The second-order valence-electron chi connectivity index (χ2n) is 5.26. The van der Waals surface area contributed by atoms with Gasteiger partial charge in [0, 0.05) is 13.2 Å². The summed E-state index contributed by atoms with van der Waals surface area (Å²) in [6.45, 7) is 6.14. The number of carbonyl (C=O) groups excluding carboxylic acids is 1. The molecule has 2 fully saturated rings. The van der Waals surface area contributed by atoms with Crippen LogP contribution in [0.1, 0.15) is 31.1 Å². The molecular formula is C13H20N4O3. The third-order valence-corrected chi connectivity index (χ3v) is 3.71. The number of aromatic amines is 1. The lowest BCUT2D eigenvalue weighted by molar-refractivity contribution is -0.141. The van der Waals surface area contributed by atoms with E-state index in [-0.39, 0.29) is 24.0 Å². The van der Waals surface area contributed by atoms with E-state index in [1.165, 1.54) is 0 Å². The molecule has 1 aromatic heterocycles. The Labute approximate surface area is 117 Å². The number of hydrogen-bond acceptors (Lipinski definition) is 5. The van der Waals surface area contributed by atoms with Crippen molar-refractivity contribution in [3.8, 4) is 0 Å². The molecule has 1 saturated carbocycles. The lowest BCUT2D eigenvalue weighted by atomic mass is 10.2. The summed E-state index contributed by atoms with van der Waals surface area (Å²) in [5.74, 6) is 1.58. The quantitative estimate of drug-likeness (QED) is 0.865. The van der Waals surface area contributed by atoms with Crippen molar-refractivity contribution in [2.24, 2.45) is 5.92 Å². The van der Waals surface area contributed by atoms with Gasteiger partial charge in [-0.25, -0.2) is 4.98 Å². The molecule has 7 nitrogen and oxygen atoms in total. The number of amides is 1. The minimum absolute atomic E-state index is 0.0302. The summed E-state index contributed by atoms with van der Waals surface area (Å²) in [6, 6.07) is 0. The number of aromatic nitrogens is 3. The van der Waals surface area contributed by atoms with Crippen LogP contribution in [0, 0.1) is 12.8 Å². The molecule has 0 radical (unpaired) electrons. The number of nitrogens with zero attached hydrogens (tertiary/aromatic N) is 3. The molecule has 0 bridgehead atoms. The van der Waals surface area contributed by atoms with E-state index in [1.54, 1.807) is 0 Å². The van der Waals surface area contributed by atoms with E-state index in [4.69, 9.17) is 9.47 Å². The van der Waals surface area contributed by atoms with Crippen LogP contribution >= 0.6 is 0 Å². The molecule has 1 aliphatic heterocycles. The number of ether oxygens (including phenoxy) is 2. The lowest BCUT2D eigenvalue weighted by Gasteiger charge is -2.31. The van der Waals surface area contributed by atoms with Gasteiger partial charge in [0.15, 0.2) is 5.82 Å². The number of carbonyl (C=O) groups is 1. The van der Waals surface area contributed by atoms with Gasteiger partial charge in [0.1, 0.15) is 11.9 Å². The molecule has 1 saturated heterocycles. The molecule has 3 rings (SSSR count). The van der Waals surface area contributed by atoms with Gasteiger partial charge in [-0.3, -0.25) is 9.89 Å². The predicted molar refractivity (Wildman–Crippen MR) is 69.9 cm³/mol. The second-order valence-corrected chi connectivity index (χ2v) is 5.26. The van der Waals surface area contributed by atoms with Gasteiger partial charge >= 0.3 is 0 Å². The van der Waals surface area contributed by atoms with Gasteiger partial charge in [0.05, 0.1) is 25.2 Å². The Kier molecular flexibility index (Phi) is 3.71. The molecule has 2 aliphatic rings. The van der Waals surface area contributed by atoms with Crippen molar-refractivity contribution in [2.45, 2.75) is 32.5 Å². The van der Waals surface area contributed by atoms with Crippen LogP contribution in [0.25, 0.3) is 0 Å². The Morgan fingerprint density at radius 3 is 3.15 bits per heavy atom. The molecule has 7 heteroatoms. The van der Waals surface area contributed by atoms with Crippen LogP contribution in [0.5, 0.6) is 0 Å². The van der Waals surface area contributed by atoms with Crippen molar-refractivity contribution in [3.63, 3.8) is 0 Å². The van der Waals surface area contributed by atoms with Crippen LogP contribution in [0.15, 0.2) is 0 Å². The Balaban J connectivity index is 1.59. The zero-order chi connectivity index (χ0) is 14.1. The molecule has 20 heavy (non-hydrogen) atoms. The molecule has 3 atom stereocenters. The first-order chi connectivity index (χ1) is 9.69. The van der Waals surface area contributed by atoms with Gasteiger partial charge in [-0.2, -0.15) is 5.10 Å². The first-order valence-electron chi connectivity index (χ1n) is 7.10. The first-order valence-corrected chi connectivity index (χ1v) is 7.10. The van der Waals surface area contributed by atoms with E-state index < -0.39 is 0 Å². The minimum atomic E-state index is -0.234.